The standard InChI is InChI=1S/C37H50O6/c1-33(2)27-16-20-34(3)26-15-22-37(32(40)41)19-6-18-36(5,42)31(37)25(26)12-13-28(34)35(27,4)21-17-29(33)43-30(39)14-9-23-7-10-24(38)11-8-23/h7-12,14,26-29,31,38,42H,6,13,15-22H2,1-5H3,(H,40,41)/b14-9-/t26?,27?,28?,29?,31?,34?,35?,36-,37?/m1/s1. The molecule has 0 aliphatic heterocycles. The highest BCUT2D eigenvalue weighted by molar-refractivity contribution is 5.87. The summed E-state index contributed by atoms with van der Waals surface area (Å²) in [4.78, 5) is 25.7. The van der Waals surface area contributed by atoms with Gasteiger partial charge in [0.05, 0.1) is 11.0 Å². The SMILES string of the molecule is CC1(C)C(OC(=O)/C=C\c2ccc(O)cc2)CCC2(C)C1CCC1(C)C3CCC4(C(=O)O)CCC[C@@](C)(O)C4C3=CCC12. The van der Waals surface area contributed by atoms with Crippen LogP contribution in [-0.2, 0) is 14.3 Å². The number of carboxylic acids is 1. The fourth-order valence-electron chi connectivity index (χ4n) is 11.6. The van der Waals surface area contributed by atoms with Crippen LogP contribution in [0.2, 0.25) is 0 Å². The highest BCUT2D eigenvalue weighted by Crippen LogP contribution is 2.72. The van der Waals surface area contributed by atoms with E-state index in [1.165, 1.54) is 11.6 Å². The number of carboxylic acid groups (broad SMARTS) is 1. The van der Waals surface area contributed by atoms with E-state index >= 15 is 0 Å². The van der Waals surface area contributed by atoms with Crippen molar-refractivity contribution in [1.29, 1.82) is 0 Å². The van der Waals surface area contributed by atoms with Crippen LogP contribution in [0.25, 0.3) is 6.08 Å². The molecule has 234 valence electrons. The molecule has 0 radical (unpaired) electrons. The molecule has 6 nitrogen and oxygen atoms in total. The lowest BCUT2D eigenvalue weighted by molar-refractivity contribution is -0.203. The summed E-state index contributed by atoms with van der Waals surface area (Å²) < 4.78 is 6.14. The molecular weight excluding hydrogens is 540 g/mol. The van der Waals surface area contributed by atoms with Crippen LogP contribution >= 0.6 is 0 Å². The molecule has 6 heteroatoms. The summed E-state index contributed by atoms with van der Waals surface area (Å²) in [5.74, 6) is -0.0116. The molecular formula is C37H50O6. The Kier molecular flexibility index (Phi) is 7.23. The topological polar surface area (TPSA) is 104 Å². The van der Waals surface area contributed by atoms with Crippen molar-refractivity contribution in [2.45, 2.75) is 111 Å². The summed E-state index contributed by atoms with van der Waals surface area (Å²) in [5.41, 5.74) is 0.181. The van der Waals surface area contributed by atoms with Gasteiger partial charge in [-0.25, -0.2) is 4.79 Å². The van der Waals surface area contributed by atoms with E-state index in [2.05, 4.69) is 33.8 Å². The van der Waals surface area contributed by atoms with Gasteiger partial charge in [-0.1, -0.05) is 51.5 Å². The molecule has 0 spiro atoms. The largest absolute Gasteiger partial charge is 0.508 e. The first-order chi connectivity index (χ1) is 20.1. The van der Waals surface area contributed by atoms with Crippen molar-refractivity contribution < 1.29 is 29.6 Å². The molecule has 5 aliphatic rings. The molecule has 5 aliphatic carbocycles. The molecule has 4 saturated carbocycles. The summed E-state index contributed by atoms with van der Waals surface area (Å²) in [7, 11) is 0. The maximum absolute atomic E-state index is 12.9. The fraction of sp³-hybridized carbons (Fsp3) is 0.676. The summed E-state index contributed by atoms with van der Waals surface area (Å²) in [6.45, 7) is 11.4. The number of ether oxygens (including phenoxy) is 1. The van der Waals surface area contributed by atoms with Gasteiger partial charge in [-0.15, -0.1) is 0 Å². The molecule has 0 saturated heterocycles. The minimum Gasteiger partial charge on any atom is -0.508 e. The fourth-order valence-corrected chi connectivity index (χ4v) is 11.6. The van der Waals surface area contributed by atoms with Crippen molar-refractivity contribution in [2.24, 2.45) is 45.3 Å². The van der Waals surface area contributed by atoms with Crippen LogP contribution in [0.15, 0.2) is 42.0 Å². The van der Waals surface area contributed by atoms with E-state index in [9.17, 15) is 24.9 Å². The lowest BCUT2D eigenvalue weighted by atomic mass is 9.37. The lowest BCUT2D eigenvalue weighted by Crippen LogP contribution is -2.64. The third-order valence-corrected chi connectivity index (χ3v) is 13.5. The van der Waals surface area contributed by atoms with Gasteiger partial charge in [0, 0.05) is 17.4 Å². The first-order valence-electron chi connectivity index (χ1n) is 16.5. The van der Waals surface area contributed by atoms with Gasteiger partial charge in [0.1, 0.15) is 11.9 Å². The van der Waals surface area contributed by atoms with Crippen molar-refractivity contribution in [1.82, 2.24) is 0 Å². The number of allylic oxidation sites excluding steroid dienone is 1. The number of aliphatic hydroxyl groups is 1. The third-order valence-electron chi connectivity index (χ3n) is 13.5. The van der Waals surface area contributed by atoms with Crippen LogP contribution < -0.4 is 0 Å². The molecule has 8 unspecified atom stereocenters. The number of carbonyl (C=O) groups excluding carboxylic acids is 1. The molecule has 1 aromatic rings. The van der Waals surface area contributed by atoms with Crippen LogP contribution in [0, 0.1) is 45.3 Å². The number of aromatic hydroxyl groups is 1. The maximum Gasteiger partial charge on any atom is 0.331 e. The number of fused-ring (bicyclic) bond motifs is 7. The van der Waals surface area contributed by atoms with Crippen LogP contribution in [0.1, 0.15) is 104 Å². The average molecular weight is 591 g/mol. The van der Waals surface area contributed by atoms with E-state index in [4.69, 9.17) is 4.74 Å². The van der Waals surface area contributed by atoms with Crippen LogP contribution in [0.4, 0.5) is 0 Å². The van der Waals surface area contributed by atoms with Gasteiger partial charge in [-0.3, -0.25) is 4.79 Å². The molecule has 0 aromatic heterocycles. The van der Waals surface area contributed by atoms with E-state index in [1.54, 1.807) is 30.3 Å². The van der Waals surface area contributed by atoms with E-state index in [1.807, 2.05) is 6.92 Å². The van der Waals surface area contributed by atoms with Gasteiger partial charge in [-0.05, 0) is 123 Å². The molecule has 1 aromatic carbocycles. The number of benzene rings is 1. The normalized spacial score (nSPS) is 43.4. The molecule has 0 amide bonds. The second kappa shape index (κ2) is 10.2. The number of hydrogen-bond acceptors (Lipinski definition) is 5. The number of esters is 1. The van der Waals surface area contributed by atoms with E-state index in [-0.39, 0.29) is 40.0 Å². The number of phenolic OH excluding ortho intramolecular Hbond substituents is 1. The lowest BCUT2D eigenvalue weighted by Gasteiger charge is -2.68. The summed E-state index contributed by atoms with van der Waals surface area (Å²) in [6, 6.07) is 6.73. The van der Waals surface area contributed by atoms with E-state index in [0.717, 1.165) is 50.5 Å². The minimum atomic E-state index is -0.994. The maximum atomic E-state index is 12.9. The average Bonchev–Trinajstić information content (AvgIpc) is 2.93. The highest BCUT2D eigenvalue weighted by atomic mass is 16.5. The molecule has 0 heterocycles. The molecule has 0 bridgehead atoms. The van der Waals surface area contributed by atoms with Gasteiger partial charge >= 0.3 is 11.9 Å². The molecule has 3 N–H and O–H groups in total. The molecule has 6 rings (SSSR count). The molecule has 9 atom stereocenters. The van der Waals surface area contributed by atoms with Gasteiger partial charge < -0.3 is 20.1 Å². The Labute approximate surface area is 256 Å². The number of rotatable bonds is 4. The predicted molar refractivity (Wildman–Crippen MR) is 166 cm³/mol. The Hall–Kier alpha value is -2.60. The monoisotopic (exact) mass is 590 g/mol. The summed E-state index contributed by atoms with van der Waals surface area (Å²) >= 11 is 0. The zero-order valence-corrected chi connectivity index (χ0v) is 26.6. The second-order valence-electron chi connectivity index (χ2n) is 16.0. The van der Waals surface area contributed by atoms with Crippen molar-refractivity contribution in [3.63, 3.8) is 0 Å². The van der Waals surface area contributed by atoms with Gasteiger partial charge in [0.25, 0.3) is 0 Å². The predicted octanol–water partition coefficient (Wildman–Crippen LogP) is 7.54. The van der Waals surface area contributed by atoms with Gasteiger partial charge in [-0.2, -0.15) is 0 Å². The third kappa shape index (κ3) is 4.60. The zero-order valence-electron chi connectivity index (χ0n) is 26.6. The van der Waals surface area contributed by atoms with Crippen LogP contribution in [0.5, 0.6) is 5.75 Å². The molecule has 4 fully saturated rings. The Morgan fingerprint density at radius 2 is 1.58 bits per heavy atom. The van der Waals surface area contributed by atoms with Gasteiger partial charge in [0.2, 0.25) is 0 Å². The van der Waals surface area contributed by atoms with Crippen LogP contribution in [-0.4, -0.2) is 39.0 Å². The minimum absolute atomic E-state index is 0.0555. The van der Waals surface area contributed by atoms with E-state index < -0.39 is 17.0 Å². The highest BCUT2D eigenvalue weighted by Gasteiger charge is 2.67. The zero-order chi connectivity index (χ0) is 31.0. The second-order valence-corrected chi connectivity index (χ2v) is 16.0. The number of hydrogen-bond donors (Lipinski definition) is 3. The smallest absolute Gasteiger partial charge is 0.331 e. The Bertz CT molecular complexity index is 1340. The summed E-state index contributed by atoms with van der Waals surface area (Å²) in [5, 5.41) is 31.7. The number of carbonyl (C=O) groups is 2. The van der Waals surface area contributed by atoms with Crippen LogP contribution in [0.3, 0.4) is 0 Å². The first-order valence-corrected chi connectivity index (χ1v) is 16.5. The number of phenols is 1. The van der Waals surface area contributed by atoms with Crippen molar-refractivity contribution in [3.8, 4) is 5.75 Å². The summed E-state index contributed by atoms with van der Waals surface area (Å²) in [6.07, 6.45) is 13.9. The first kappa shape index (κ1) is 30.4. The number of aliphatic carboxylic acids is 1. The van der Waals surface area contributed by atoms with Crippen molar-refractivity contribution in [3.05, 3.63) is 47.6 Å². The van der Waals surface area contributed by atoms with Crippen molar-refractivity contribution >= 4 is 18.0 Å². The quantitative estimate of drug-likeness (QED) is 0.190. The van der Waals surface area contributed by atoms with Crippen molar-refractivity contribution in [2.75, 3.05) is 0 Å². The van der Waals surface area contributed by atoms with E-state index in [0.29, 0.717) is 37.0 Å². The Morgan fingerprint density at radius 3 is 2.28 bits per heavy atom. The van der Waals surface area contributed by atoms with Gasteiger partial charge in [0.15, 0.2) is 0 Å². The molecule has 43 heavy (non-hydrogen) atoms. The Morgan fingerprint density at radius 1 is 0.884 bits per heavy atom. The Balaban J connectivity index is 1.24.